The first-order chi connectivity index (χ1) is 10.1. The van der Waals surface area contributed by atoms with E-state index in [0.29, 0.717) is 30.3 Å². The third-order valence-corrected chi connectivity index (χ3v) is 4.65. The first kappa shape index (κ1) is 14.9. The first-order valence-electron chi connectivity index (χ1n) is 6.24. The monoisotopic (exact) mass is 390 g/mol. The van der Waals surface area contributed by atoms with Crippen LogP contribution in [0.4, 0.5) is 4.39 Å². The molecule has 0 saturated carbocycles. The van der Waals surface area contributed by atoms with E-state index in [1.807, 2.05) is 12.1 Å². The van der Waals surface area contributed by atoms with Gasteiger partial charge in [-0.25, -0.2) is 4.39 Å². The number of fused-ring (bicyclic) bond motifs is 1. The highest BCUT2D eigenvalue weighted by atomic mass is 79.9. The molecule has 0 radical (unpaired) electrons. The molecule has 0 aliphatic carbocycles. The summed E-state index contributed by atoms with van der Waals surface area (Å²) in [7, 11) is 0. The second kappa shape index (κ2) is 6.03. The number of halogens is 4. The summed E-state index contributed by atoms with van der Waals surface area (Å²) in [5.41, 5.74) is 1.40. The second-order valence-electron chi connectivity index (χ2n) is 4.55. The summed E-state index contributed by atoms with van der Waals surface area (Å²) in [4.78, 5) is 0. The van der Waals surface area contributed by atoms with E-state index in [4.69, 9.17) is 32.7 Å². The Bertz CT molecular complexity index is 694. The third kappa shape index (κ3) is 2.98. The van der Waals surface area contributed by atoms with Gasteiger partial charge in [-0.3, -0.25) is 0 Å². The minimum Gasteiger partial charge on any atom is -0.486 e. The third-order valence-electron chi connectivity index (χ3n) is 3.17. The lowest BCUT2D eigenvalue weighted by atomic mass is 10.0. The maximum atomic E-state index is 13.6. The Hall–Kier alpha value is -0.970. The van der Waals surface area contributed by atoms with Gasteiger partial charge in [0, 0.05) is 4.47 Å². The Kier molecular flexibility index (Phi) is 4.29. The molecule has 0 amide bonds. The second-order valence-corrected chi connectivity index (χ2v) is 6.25. The van der Waals surface area contributed by atoms with E-state index < -0.39 is 11.2 Å². The Morgan fingerprint density at radius 1 is 1.10 bits per heavy atom. The number of rotatable bonds is 2. The predicted octanol–water partition coefficient (Wildman–Crippen LogP) is 5.34. The number of benzene rings is 2. The van der Waals surface area contributed by atoms with Gasteiger partial charge in [-0.2, -0.15) is 0 Å². The molecule has 0 bridgehead atoms. The van der Waals surface area contributed by atoms with Crippen molar-refractivity contribution in [1.82, 2.24) is 0 Å². The lowest BCUT2D eigenvalue weighted by Gasteiger charge is -2.21. The maximum Gasteiger partial charge on any atom is 0.162 e. The molecular formula is C15H10BrCl2FO2. The molecule has 2 aromatic rings. The van der Waals surface area contributed by atoms with E-state index in [1.54, 1.807) is 6.07 Å². The molecule has 1 aliphatic rings. The van der Waals surface area contributed by atoms with E-state index in [2.05, 4.69) is 15.9 Å². The first-order valence-corrected chi connectivity index (χ1v) is 7.85. The van der Waals surface area contributed by atoms with Crippen LogP contribution in [0.25, 0.3) is 0 Å². The van der Waals surface area contributed by atoms with Crippen LogP contribution in [0.2, 0.25) is 5.02 Å². The fraction of sp³-hybridized carbons (Fsp3) is 0.200. The lowest BCUT2D eigenvalue weighted by molar-refractivity contribution is 0.171. The molecule has 2 aromatic carbocycles. The zero-order valence-electron chi connectivity index (χ0n) is 10.7. The van der Waals surface area contributed by atoms with Crippen LogP contribution >= 0.6 is 39.1 Å². The van der Waals surface area contributed by atoms with Crippen molar-refractivity contribution in [2.24, 2.45) is 0 Å². The van der Waals surface area contributed by atoms with Gasteiger partial charge in [0.25, 0.3) is 0 Å². The summed E-state index contributed by atoms with van der Waals surface area (Å²) in [6, 6.07) is 8.15. The Balaban J connectivity index is 2.00. The molecule has 1 aliphatic heterocycles. The highest BCUT2D eigenvalue weighted by Crippen LogP contribution is 2.42. The van der Waals surface area contributed by atoms with E-state index >= 15 is 0 Å². The van der Waals surface area contributed by atoms with Gasteiger partial charge in [0.2, 0.25) is 0 Å². The molecule has 3 rings (SSSR count). The normalized spacial score (nSPS) is 14.9. The summed E-state index contributed by atoms with van der Waals surface area (Å²) in [5, 5.41) is -0.453. The quantitative estimate of drug-likeness (QED) is 0.643. The minimum atomic E-state index is -0.526. The fourth-order valence-electron chi connectivity index (χ4n) is 2.12. The zero-order chi connectivity index (χ0) is 15.0. The molecule has 2 nitrogen and oxygen atoms in total. The van der Waals surface area contributed by atoms with E-state index in [9.17, 15) is 4.39 Å². The molecular weight excluding hydrogens is 382 g/mol. The van der Waals surface area contributed by atoms with E-state index in [0.717, 1.165) is 10.0 Å². The van der Waals surface area contributed by atoms with Crippen LogP contribution in [0.5, 0.6) is 11.5 Å². The summed E-state index contributed by atoms with van der Waals surface area (Å²) in [6.45, 7) is 1.02. The molecule has 6 heteroatoms. The van der Waals surface area contributed by atoms with E-state index in [1.165, 1.54) is 12.1 Å². The van der Waals surface area contributed by atoms with Crippen molar-refractivity contribution >= 4 is 39.1 Å². The zero-order valence-corrected chi connectivity index (χ0v) is 13.8. The van der Waals surface area contributed by atoms with Gasteiger partial charge < -0.3 is 9.47 Å². The average Bonchev–Trinajstić information content (AvgIpc) is 2.48. The molecule has 1 unspecified atom stereocenters. The van der Waals surface area contributed by atoms with Gasteiger partial charge in [0.15, 0.2) is 11.5 Å². The molecule has 0 N–H and O–H groups in total. The highest BCUT2D eigenvalue weighted by molar-refractivity contribution is 9.10. The van der Waals surface area contributed by atoms with Crippen molar-refractivity contribution in [2.75, 3.05) is 13.2 Å². The van der Waals surface area contributed by atoms with Crippen molar-refractivity contribution in [1.29, 1.82) is 0 Å². The molecule has 0 aromatic heterocycles. The number of hydrogen-bond donors (Lipinski definition) is 0. The lowest BCUT2D eigenvalue weighted by Crippen LogP contribution is -2.15. The molecule has 1 heterocycles. The Morgan fingerprint density at radius 3 is 2.43 bits per heavy atom. The molecule has 0 saturated heterocycles. The van der Waals surface area contributed by atoms with Crippen LogP contribution in [-0.2, 0) is 0 Å². The summed E-state index contributed by atoms with van der Waals surface area (Å²) in [5.74, 6) is 0.816. The Labute approximate surface area is 139 Å². The summed E-state index contributed by atoms with van der Waals surface area (Å²) >= 11 is 15.6. The Morgan fingerprint density at radius 2 is 1.76 bits per heavy atom. The topological polar surface area (TPSA) is 18.5 Å². The van der Waals surface area contributed by atoms with Gasteiger partial charge >= 0.3 is 0 Å². The van der Waals surface area contributed by atoms with Crippen LogP contribution in [-0.4, -0.2) is 13.2 Å². The van der Waals surface area contributed by atoms with Crippen LogP contribution in [0.15, 0.2) is 34.8 Å². The van der Waals surface area contributed by atoms with Gasteiger partial charge in [0.1, 0.15) is 19.0 Å². The SMILES string of the molecule is Fc1cc(C(Cl)c2cc3c(cc2Br)OCCO3)ccc1Cl. The standard InChI is InChI=1S/C15H10BrCl2FO2/c16-10-7-14-13(20-3-4-21-14)6-9(10)15(18)8-1-2-11(17)12(19)5-8/h1-2,5-7,15H,3-4H2. The van der Waals surface area contributed by atoms with Crippen LogP contribution in [0, 0.1) is 5.82 Å². The van der Waals surface area contributed by atoms with Gasteiger partial charge in [-0.15, -0.1) is 11.6 Å². The van der Waals surface area contributed by atoms with Gasteiger partial charge in [0.05, 0.1) is 10.4 Å². The van der Waals surface area contributed by atoms with Crippen molar-refractivity contribution in [3.63, 3.8) is 0 Å². The van der Waals surface area contributed by atoms with E-state index in [-0.39, 0.29) is 5.02 Å². The van der Waals surface area contributed by atoms with Crippen molar-refractivity contribution < 1.29 is 13.9 Å². The molecule has 21 heavy (non-hydrogen) atoms. The minimum absolute atomic E-state index is 0.0730. The maximum absolute atomic E-state index is 13.6. The van der Waals surface area contributed by atoms with Gasteiger partial charge in [-0.1, -0.05) is 33.6 Å². The summed E-state index contributed by atoms with van der Waals surface area (Å²) in [6.07, 6.45) is 0. The molecule has 0 fully saturated rings. The van der Waals surface area contributed by atoms with Crippen LogP contribution < -0.4 is 9.47 Å². The molecule has 1 atom stereocenters. The number of hydrogen-bond acceptors (Lipinski definition) is 2. The number of ether oxygens (including phenoxy) is 2. The van der Waals surface area contributed by atoms with Crippen LogP contribution in [0.3, 0.4) is 0 Å². The number of alkyl halides is 1. The van der Waals surface area contributed by atoms with Crippen molar-refractivity contribution in [3.8, 4) is 11.5 Å². The highest BCUT2D eigenvalue weighted by Gasteiger charge is 2.21. The largest absolute Gasteiger partial charge is 0.486 e. The predicted molar refractivity (Wildman–Crippen MR) is 84.2 cm³/mol. The molecule has 110 valence electrons. The molecule has 0 spiro atoms. The van der Waals surface area contributed by atoms with Crippen molar-refractivity contribution in [3.05, 3.63) is 56.8 Å². The van der Waals surface area contributed by atoms with Gasteiger partial charge in [-0.05, 0) is 35.4 Å². The average molecular weight is 392 g/mol. The smallest absolute Gasteiger partial charge is 0.162 e. The van der Waals surface area contributed by atoms with Crippen LogP contribution in [0.1, 0.15) is 16.5 Å². The summed E-state index contributed by atoms with van der Waals surface area (Å²) < 4.78 is 25.4. The fourth-order valence-corrected chi connectivity index (χ4v) is 3.24. The van der Waals surface area contributed by atoms with Crippen molar-refractivity contribution in [2.45, 2.75) is 5.38 Å².